The molecule has 1 aliphatic rings. The van der Waals surface area contributed by atoms with Crippen molar-refractivity contribution in [1.29, 1.82) is 0 Å². The predicted molar refractivity (Wildman–Crippen MR) is 64.2 cm³/mol. The summed E-state index contributed by atoms with van der Waals surface area (Å²) in [6.45, 7) is 4.49. The van der Waals surface area contributed by atoms with E-state index in [2.05, 4.69) is 28.7 Å². The molecule has 0 spiro atoms. The first-order valence-corrected chi connectivity index (χ1v) is 5.67. The van der Waals surface area contributed by atoms with Crippen LogP contribution in [0.5, 0.6) is 0 Å². The maximum Gasteiger partial charge on any atom is 0.356 e. The highest BCUT2D eigenvalue weighted by Gasteiger charge is 2.38. The fourth-order valence-electron chi connectivity index (χ4n) is 2.29. The van der Waals surface area contributed by atoms with E-state index >= 15 is 0 Å². The van der Waals surface area contributed by atoms with Gasteiger partial charge in [0.1, 0.15) is 5.82 Å². The van der Waals surface area contributed by atoms with Gasteiger partial charge in [-0.1, -0.05) is 13.8 Å². The Labute approximate surface area is 100 Å². The normalized spacial score (nSPS) is 18.5. The third-order valence-corrected chi connectivity index (χ3v) is 3.34. The Kier molecular flexibility index (Phi) is 2.77. The van der Waals surface area contributed by atoms with Crippen molar-refractivity contribution in [3.8, 4) is 0 Å². The van der Waals surface area contributed by atoms with E-state index in [0.29, 0.717) is 11.5 Å². The fourth-order valence-corrected chi connectivity index (χ4v) is 2.29. The topological polar surface area (TPSA) is 66.3 Å². The first-order chi connectivity index (χ1) is 7.89. The number of carboxylic acids is 1. The Morgan fingerprint density at radius 3 is 2.47 bits per heavy atom. The molecule has 2 rings (SSSR count). The molecule has 92 valence electrons. The van der Waals surface area contributed by atoms with Crippen LogP contribution in [-0.2, 0) is 0 Å². The zero-order chi connectivity index (χ0) is 12.6. The zero-order valence-corrected chi connectivity index (χ0v) is 10.3. The molecule has 1 aromatic rings. The van der Waals surface area contributed by atoms with Gasteiger partial charge in [-0.3, -0.25) is 0 Å². The number of aromatic nitrogens is 2. The van der Waals surface area contributed by atoms with Gasteiger partial charge < -0.3 is 10.0 Å². The lowest BCUT2D eigenvalue weighted by molar-refractivity contribution is 0.0690. The minimum Gasteiger partial charge on any atom is -0.476 e. The van der Waals surface area contributed by atoms with Gasteiger partial charge in [0.25, 0.3) is 0 Å². The van der Waals surface area contributed by atoms with E-state index in [1.807, 2.05) is 7.05 Å². The predicted octanol–water partition coefficient (Wildman–Crippen LogP) is 1.80. The molecule has 0 saturated heterocycles. The van der Waals surface area contributed by atoms with Crippen LogP contribution in [0.1, 0.15) is 37.2 Å². The Bertz CT molecular complexity index is 420. The number of hydrogen-bond donors (Lipinski definition) is 1. The molecule has 1 aliphatic carbocycles. The maximum atomic E-state index is 10.7. The molecule has 17 heavy (non-hydrogen) atoms. The fraction of sp³-hybridized carbons (Fsp3) is 0.583. The largest absolute Gasteiger partial charge is 0.476 e. The molecule has 0 aromatic carbocycles. The van der Waals surface area contributed by atoms with Gasteiger partial charge in [-0.05, 0) is 18.3 Å². The molecule has 0 atom stereocenters. The molecule has 0 radical (unpaired) electrons. The lowest BCUT2D eigenvalue weighted by Crippen LogP contribution is -2.47. The van der Waals surface area contributed by atoms with Gasteiger partial charge in [0, 0.05) is 13.1 Å². The molecule has 1 heterocycles. The molecular weight excluding hydrogens is 218 g/mol. The summed E-state index contributed by atoms with van der Waals surface area (Å²) in [5, 5.41) is 8.73. The van der Waals surface area contributed by atoms with Gasteiger partial charge in [-0.2, -0.15) is 0 Å². The molecule has 0 aliphatic heterocycles. The Balaban J connectivity index is 2.05. The summed E-state index contributed by atoms with van der Waals surface area (Å²) in [5.41, 5.74) is 0.393. The van der Waals surface area contributed by atoms with E-state index in [1.165, 1.54) is 12.4 Å². The molecule has 0 bridgehead atoms. The van der Waals surface area contributed by atoms with E-state index in [9.17, 15) is 4.79 Å². The number of carboxylic acid groups (broad SMARTS) is 1. The van der Waals surface area contributed by atoms with Crippen LogP contribution in [0.2, 0.25) is 0 Å². The van der Waals surface area contributed by atoms with Crippen LogP contribution in [0.15, 0.2) is 12.4 Å². The van der Waals surface area contributed by atoms with Crippen molar-refractivity contribution < 1.29 is 9.90 Å². The first kappa shape index (κ1) is 11.8. The number of aromatic carboxylic acids is 1. The summed E-state index contributed by atoms with van der Waals surface area (Å²) < 4.78 is 0. The smallest absolute Gasteiger partial charge is 0.356 e. The zero-order valence-electron chi connectivity index (χ0n) is 10.3. The molecule has 0 amide bonds. The summed E-state index contributed by atoms with van der Waals surface area (Å²) in [7, 11) is 1.98. The SMILES string of the molecule is CN(c1cnc(C(=O)O)cn1)C1CC(C)(C)C1. The molecular formula is C12H17N3O2. The van der Waals surface area contributed by atoms with Crippen molar-refractivity contribution in [2.24, 2.45) is 5.41 Å². The maximum absolute atomic E-state index is 10.7. The summed E-state index contributed by atoms with van der Waals surface area (Å²) in [6.07, 6.45) is 5.09. The van der Waals surface area contributed by atoms with Crippen molar-refractivity contribution in [3.63, 3.8) is 0 Å². The van der Waals surface area contributed by atoms with Crippen LogP contribution in [0.25, 0.3) is 0 Å². The molecule has 0 unspecified atom stereocenters. The van der Waals surface area contributed by atoms with Gasteiger partial charge in [0.05, 0.1) is 12.4 Å². The quantitative estimate of drug-likeness (QED) is 0.865. The lowest BCUT2D eigenvalue weighted by atomic mass is 9.68. The molecule has 1 saturated carbocycles. The number of hydrogen-bond acceptors (Lipinski definition) is 4. The van der Waals surface area contributed by atoms with E-state index < -0.39 is 5.97 Å². The van der Waals surface area contributed by atoms with Crippen molar-refractivity contribution in [1.82, 2.24) is 9.97 Å². The number of carbonyl (C=O) groups is 1. The Morgan fingerprint density at radius 1 is 1.41 bits per heavy atom. The summed E-state index contributed by atoms with van der Waals surface area (Å²) in [5.74, 6) is -0.313. The Hall–Kier alpha value is -1.65. The van der Waals surface area contributed by atoms with E-state index in [1.54, 1.807) is 0 Å². The van der Waals surface area contributed by atoms with Crippen molar-refractivity contribution in [3.05, 3.63) is 18.1 Å². The van der Waals surface area contributed by atoms with Crippen molar-refractivity contribution in [2.45, 2.75) is 32.7 Å². The second-order valence-corrected chi connectivity index (χ2v) is 5.40. The first-order valence-electron chi connectivity index (χ1n) is 5.67. The van der Waals surface area contributed by atoms with Crippen LogP contribution in [0.3, 0.4) is 0 Å². The summed E-state index contributed by atoms with van der Waals surface area (Å²) >= 11 is 0. The number of rotatable bonds is 3. The van der Waals surface area contributed by atoms with Crippen LogP contribution < -0.4 is 4.90 Å². The van der Waals surface area contributed by atoms with Gasteiger partial charge in [-0.15, -0.1) is 0 Å². The highest BCUT2D eigenvalue weighted by atomic mass is 16.4. The monoisotopic (exact) mass is 235 g/mol. The van der Waals surface area contributed by atoms with Crippen LogP contribution >= 0.6 is 0 Å². The second kappa shape index (κ2) is 3.98. The van der Waals surface area contributed by atoms with E-state index in [0.717, 1.165) is 18.7 Å². The minimum atomic E-state index is -1.04. The summed E-state index contributed by atoms with van der Waals surface area (Å²) in [4.78, 5) is 20.7. The standard InChI is InChI=1S/C12H17N3O2/c1-12(2)4-8(5-12)15(3)10-7-13-9(6-14-10)11(16)17/h6-8H,4-5H2,1-3H3,(H,16,17). The molecule has 1 N–H and O–H groups in total. The lowest BCUT2D eigenvalue weighted by Gasteiger charge is -2.47. The third kappa shape index (κ3) is 2.38. The highest BCUT2D eigenvalue weighted by Crippen LogP contribution is 2.43. The summed E-state index contributed by atoms with van der Waals surface area (Å²) in [6, 6.07) is 0.481. The average molecular weight is 235 g/mol. The van der Waals surface area contributed by atoms with Gasteiger partial charge in [-0.25, -0.2) is 14.8 Å². The second-order valence-electron chi connectivity index (χ2n) is 5.40. The van der Waals surface area contributed by atoms with E-state index in [-0.39, 0.29) is 5.69 Å². The van der Waals surface area contributed by atoms with Gasteiger partial charge >= 0.3 is 5.97 Å². The van der Waals surface area contributed by atoms with Crippen LogP contribution in [0, 0.1) is 5.41 Å². The van der Waals surface area contributed by atoms with Crippen molar-refractivity contribution in [2.75, 3.05) is 11.9 Å². The van der Waals surface area contributed by atoms with Gasteiger partial charge in [0.15, 0.2) is 5.69 Å². The van der Waals surface area contributed by atoms with Crippen molar-refractivity contribution >= 4 is 11.8 Å². The van der Waals surface area contributed by atoms with E-state index in [4.69, 9.17) is 5.11 Å². The molecule has 1 fully saturated rings. The van der Waals surface area contributed by atoms with Crippen LogP contribution in [0.4, 0.5) is 5.82 Å². The van der Waals surface area contributed by atoms with Crippen LogP contribution in [-0.4, -0.2) is 34.1 Å². The van der Waals surface area contributed by atoms with Gasteiger partial charge in [0.2, 0.25) is 0 Å². The molecule has 1 aromatic heterocycles. The number of nitrogens with zero attached hydrogens (tertiary/aromatic N) is 3. The third-order valence-electron chi connectivity index (χ3n) is 3.34. The number of anilines is 1. The Morgan fingerprint density at radius 2 is 2.06 bits per heavy atom. The minimum absolute atomic E-state index is 0.0175. The molecule has 5 nitrogen and oxygen atoms in total. The molecule has 5 heteroatoms. The highest BCUT2D eigenvalue weighted by molar-refractivity contribution is 5.84. The average Bonchev–Trinajstić information content (AvgIpc) is 2.25.